The van der Waals surface area contributed by atoms with Gasteiger partial charge in [0.05, 0.1) is 23.4 Å². The molecule has 0 aliphatic carbocycles. The van der Waals surface area contributed by atoms with E-state index in [9.17, 15) is 31.1 Å². The number of halogens is 6. The van der Waals surface area contributed by atoms with E-state index in [4.69, 9.17) is 9.47 Å². The first-order valence-corrected chi connectivity index (χ1v) is 11.3. The topological polar surface area (TPSA) is 53.4 Å². The molecule has 0 spiro atoms. The van der Waals surface area contributed by atoms with E-state index in [1.165, 1.54) is 16.7 Å². The molecule has 0 fully saturated rings. The summed E-state index contributed by atoms with van der Waals surface area (Å²) in [5.41, 5.74) is -0.875. The van der Waals surface area contributed by atoms with E-state index in [1.54, 1.807) is 32.0 Å². The number of pyridine rings is 1. The van der Waals surface area contributed by atoms with Crippen LogP contribution in [0.2, 0.25) is 0 Å². The lowest BCUT2D eigenvalue weighted by molar-refractivity contribution is -0.137. The van der Waals surface area contributed by atoms with Gasteiger partial charge in [0.15, 0.2) is 5.69 Å². The predicted octanol–water partition coefficient (Wildman–Crippen LogP) is 7.04. The van der Waals surface area contributed by atoms with Gasteiger partial charge in [0.2, 0.25) is 0 Å². The third kappa shape index (κ3) is 5.51. The minimum atomic E-state index is -4.70. The smallest absolute Gasteiger partial charge is 0.416 e. The van der Waals surface area contributed by atoms with Crippen LogP contribution < -0.4 is 4.74 Å². The van der Waals surface area contributed by atoms with Gasteiger partial charge in [-0.1, -0.05) is 6.07 Å². The van der Waals surface area contributed by atoms with Crippen molar-refractivity contribution < 1.29 is 40.6 Å². The summed E-state index contributed by atoms with van der Waals surface area (Å²) < 4.78 is 94.4. The minimum absolute atomic E-state index is 0.00817. The summed E-state index contributed by atoms with van der Waals surface area (Å²) in [4.78, 5) is 16.5. The molecular weight excluding hydrogens is 514 g/mol. The molecule has 0 aliphatic rings. The zero-order valence-electron chi connectivity index (χ0n) is 20.1. The van der Waals surface area contributed by atoms with Crippen LogP contribution in [0, 0.1) is 24.4 Å². The van der Waals surface area contributed by atoms with Gasteiger partial charge in [-0.25, -0.2) is 22.9 Å². The molecular formula is C27H20F6N2O3. The Kier molecular flexibility index (Phi) is 7.47. The molecule has 0 saturated carbocycles. The highest BCUT2D eigenvalue weighted by atomic mass is 19.4. The van der Waals surface area contributed by atoms with Crippen LogP contribution >= 0.6 is 0 Å². The summed E-state index contributed by atoms with van der Waals surface area (Å²) in [6.45, 7) is 2.72. The molecule has 4 rings (SSSR count). The maximum absolute atomic E-state index is 14.1. The van der Waals surface area contributed by atoms with Crippen LogP contribution in [0.1, 0.15) is 34.2 Å². The highest BCUT2D eigenvalue weighted by Gasteiger charge is 2.32. The number of benzene rings is 2. The fraction of sp³-hybridized carbons (Fsp3) is 0.185. The average Bonchev–Trinajstić information content (AvgIpc) is 3.24. The summed E-state index contributed by atoms with van der Waals surface area (Å²) in [5, 5.41) is 0. The van der Waals surface area contributed by atoms with Gasteiger partial charge in [0.25, 0.3) is 0 Å². The van der Waals surface area contributed by atoms with E-state index in [0.29, 0.717) is 17.8 Å². The Bertz CT molecular complexity index is 1470. The molecule has 5 nitrogen and oxygen atoms in total. The van der Waals surface area contributed by atoms with Crippen LogP contribution in [-0.2, 0) is 17.5 Å². The summed E-state index contributed by atoms with van der Waals surface area (Å²) in [7, 11) is 0. The number of aryl methyl sites for hydroxylation is 1. The lowest BCUT2D eigenvalue weighted by Gasteiger charge is -2.18. The Hall–Kier alpha value is -4.28. The molecule has 0 unspecified atom stereocenters. The van der Waals surface area contributed by atoms with Crippen molar-refractivity contribution in [2.45, 2.75) is 26.6 Å². The number of alkyl halides is 3. The number of nitrogens with zero attached hydrogens (tertiary/aromatic N) is 2. The highest BCUT2D eigenvalue weighted by Crippen LogP contribution is 2.39. The lowest BCUT2D eigenvalue weighted by atomic mass is 10.1. The van der Waals surface area contributed by atoms with Gasteiger partial charge in [-0.15, -0.1) is 0 Å². The maximum Gasteiger partial charge on any atom is 0.416 e. The van der Waals surface area contributed by atoms with Crippen LogP contribution in [0.15, 0.2) is 60.7 Å². The molecule has 2 aromatic heterocycles. The van der Waals surface area contributed by atoms with E-state index in [1.807, 2.05) is 0 Å². The first-order chi connectivity index (χ1) is 18.0. The Balaban J connectivity index is 1.82. The standard InChI is InChI=1S/C27H20F6N2O3/c1-3-37-26(36)22-5-4-6-25(34-22)35-15(2)7-9-23(35)18-11-16(27(31,32)33)8-10-24(18)38-14-19-20(29)12-17(28)13-21(19)30/h4-13H,3,14H2,1-2H3. The zero-order chi connectivity index (χ0) is 27.6. The molecule has 2 heterocycles. The largest absolute Gasteiger partial charge is 0.488 e. The maximum atomic E-state index is 14.1. The summed E-state index contributed by atoms with van der Waals surface area (Å²) in [6.07, 6.45) is -4.70. The van der Waals surface area contributed by atoms with Crippen LogP contribution in [0.4, 0.5) is 26.3 Å². The molecule has 11 heteroatoms. The molecule has 0 aliphatic heterocycles. The number of hydrogen-bond acceptors (Lipinski definition) is 4. The Morgan fingerprint density at radius 1 is 0.974 bits per heavy atom. The summed E-state index contributed by atoms with van der Waals surface area (Å²) >= 11 is 0. The van der Waals surface area contributed by atoms with Crippen molar-refractivity contribution in [3.63, 3.8) is 0 Å². The van der Waals surface area contributed by atoms with Crippen molar-refractivity contribution in [3.8, 4) is 22.8 Å². The fourth-order valence-electron chi connectivity index (χ4n) is 3.81. The molecule has 38 heavy (non-hydrogen) atoms. The highest BCUT2D eigenvalue weighted by molar-refractivity contribution is 5.87. The Morgan fingerprint density at radius 2 is 1.68 bits per heavy atom. The number of carbonyl (C=O) groups is 1. The lowest BCUT2D eigenvalue weighted by Crippen LogP contribution is -2.11. The second-order valence-electron chi connectivity index (χ2n) is 8.14. The SMILES string of the molecule is CCOC(=O)c1cccc(-n2c(C)ccc2-c2cc(C(F)(F)F)ccc2OCc2c(F)cc(F)cc2F)n1. The van der Waals surface area contributed by atoms with Gasteiger partial charge in [0, 0.05) is 23.4 Å². The number of esters is 1. The second-order valence-corrected chi connectivity index (χ2v) is 8.14. The molecule has 4 aromatic rings. The first-order valence-electron chi connectivity index (χ1n) is 11.3. The van der Waals surface area contributed by atoms with Crippen molar-refractivity contribution in [1.82, 2.24) is 9.55 Å². The number of carbonyl (C=O) groups excluding carboxylic acids is 1. The van der Waals surface area contributed by atoms with Gasteiger partial charge in [-0.3, -0.25) is 4.57 Å². The van der Waals surface area contributed by atoms with Crippen molar-refractivity contribution in [2.75, 3.05) is 6.61 Å². The normalized spacial score (nSPS) is 11.5. The van der Waals surface area contributed by atoms with E-state index < -0.39 is 47.3 Å². The van der Waals surface area contributed by atoms with Crippen molar-refractivity contribution in [3.05, 3.63) is 101 Å². The molecule has 0 amide bonds. The minimum Gasteiger partial charge on any atom is -0.488 e. The van der Waals surface area contributed by atoms with Gasteiger partial charge in [0.1, 0.15) is 35.6 Å². The van der Waals surface area contributed by atoms with Crippen LogP contribution in [-0.4, -0.2) is 22.1 Å². The molecule has 2 aromatic carbocycles. The van der Waals surface area contributed by atoms with Crippen LogP contribution in [0.5, 0.6) is 5.75 Å². The van der Waals surface area contributed by atoms with Crippen molar-refractivity contribution in [2.24, 2.45) is 0 Å². The molecule has 198 valence electrons. The van der Waals surface area contributed by atoms with Crippen molar-refractivity contribution in [1.29, 1.82) is 0 Å². The van der Waals surface area contributed by atoms with E-state index >= 15 is 0 Å². The number of ether oxygens (including phenoxy) is 2. The Morgan fingerprint density at radius 3 is 2.34 bits per heavy atom. The second kappa shape index (κ2) is 10.6. The number of hydrogen-bond donors (Lipinski definition) is 0. The van der Waals surface area contributed by atoms with E-state index in [-0.39, 0.29) is 35.1 Å². The summed E-state index contributed by atoms with van der Waals surface area (Å²) in [5.74, 6) is -4.10. The zero-order valence-corrected chi connectivity index (χ0v) is 20.1. The Labute approximate surface area is 213 Å². The average molecular weight is 534 g/mol. The van der Waals surface area contributed by atoms with Gasteiger partial charge in [-0.2, -0.15) is 13.2 Å². The molecule has 0 atom stereocenters. The van der Waals surface area contributed by atoms with Crippen molar-refractivity contribution >= 4 is 5.97 Å². The van der Waals surface area contributed by atoms with Crippen LogP contribution in [0.3, 0.4) is 0 Å². The predicted molar refractivity (Wildman–Crippen MR) is 125 cm³/mol. The van der Waals surface area contributed by atoms with Gasteiger partial charge in [-0.05, 0) is 56.3 Å². The van der Waals surface area contributed by atoms with Gasteiger partial charge < -0.3 is 9.47 Å². The van der Waals surface area contributed by atoms with Gasteiger partial charge >= 0.3 is 12.1 Å². The molecule has 0 N–H and O–H groups in total. The first kappa shape index (κ1) is 26.8. The number of rotatable bonds is 7. The van der Waals surface area contributed by atoms with Crippen LogP contribution in [0.25, 0.3) is 17.1 Å². The molecule has 0 bridgehead atoms. The third-order valence-electron chi connectivity index (χ3n) is 5.58. The van der Waals surface area contributed by atoms with E-state index in [0.717, 1.165) is 18.2 Å². The number of aromatic nitrogens is 2. The monoisotopic (exact) mass is 534 g/mol. The summed E-state index contributed by atoms with van der Waals surface area (Å²) in [6, 6.07) is 11.3. The molecule has 0 radical (unpaired) electrons. The van der Waals surface area contributed by atoms with E-state index in [2.05, 4.69) is 4.98 Å². The fourth-order valence-corrected chi connectivity index (χ4v) is 3.81. The quantitative estimate of drug-likeness (QED) is 0.189. The third-order valence-corrected chi connectivity index (χ3v) is 5.58. The molecule has 0 saturated heterocycles.